The Balaban J connectivity index is 1.24. The third kappa shape index (κ3) is 8.93. The van der Waals surface area contributed by atoms with E-state index in [9.17, 15) is 19.2 Å². The number of ether oxygens (including phenoxy) is 1. The van der Waals surface area contributed by atoms with Gasteiger partial charge in [-0.05, 0) is 65.9 Å². The van der Waals surface area contributed by atoms with Gasteiger partial charge in [0.25, 0.3) is 11.8 Å². The second-order valence-electron chi connectivity index (χ2n) is 11.5. The van der Waals surface area contributed by atoms with Crippen LogP contribution in [0.15, 0.2) is 143 Å². The molecule has 0 radical (unpaired) electrons. The van der Waals surface area contributed by atoms with Crippen LogP contribution in [0.25, 0.3) is 17.2 Å². The minimum absolute atomic E-state index is 0.0817. The van der Waals surface area contributed by atoms with E-state index in [1.165, 1.54) is 41.5 Å². The zero-order valence-electron chi connectivity index (χ0n) is 28.1. The van der Waals surface area contributed by atoms with Gasteiger partial charge in [0, 0.05) is 32.0 Å². The van der Waals surface area contributed by atoms with Crippen LogP contribution < -0.4 is 16.0 Å². The lowest BCUT2D eigenvalue weighted by Gasteiger charge is -2.18. The molecule has 0 bridgehead atoms. The van der Waals surface area contributed by atoms with Gasteiger partial charge in [0.1, 0.15) is 21.5 Å². The zero-order valence-corrected chi connectivity index (χ0v) is 30.6. The van der Waals surface area contributed by atoms with Crippen LogP contribution in [-0.4, -0.2) is 30.8 Å². The summed E-state index contributed by atoms with van der Waals surface area (Å²) in [6.45, 7) is 1.99. The maximum Gasteiger partial charge on any atom is 0.341 e. The summed E-state index contributed by atoms with van der Waals surface area (Å²) in [4.78, 5) is 55.3. The monoisotopic (exact) mass is 743 g/mol. The molecule has 52 heavy (non-hydrogen) atoms. The Hall–Kier alpha value is -5.75. The number of hydrogen-bond donors (Lipinski definition) is 3. The second kappa shape index (κ2) is 17.0. The van der Waals surface area contributed by atoms with E-state index in [1.807, 2.05) is 96.5 Å². The first-order chi connectivity index (χ1) is 25.3. The maximum absolute atomic E-state index is 14.1. The number of methoxy groups -OCH3 is 1. The molecule has 0 aliphatic heterocycles. The fraction of sp³-hybridized carbons (Fsp3) is 0.0732. The van der Waals surface area contributed by atoms with E-state index in [0.717, 1.165) is 21.6 Å². The standard InChI is InChI=1S/C41H33N3O5S3/c1-26-18-20-27(21-19-26)33-25-51-40(35(33)41(48)49-2)44-39(47)36(28-11-5-3-6-12-28)52-32-16-9-15-30(23-32)42-38(46)34(24-31-17-10-22-50-31)43-37(45)29-13-7-4-8-14-29/h3-25,36H,1-2H3,(H,42,46)(H,43,45)(H,44,47)/b34-24-. The van der Waals surface area contributed by atoms with Crippen LogP contribution in [0.2, 0.25) is 0 Å². The largest absolute Gasteiger partial charge is 0.465 e. The highest BCUT2D eigenvalue weighted by molar-refractivity contribution is 8.00. The molecule has 3 amide bonds. The average Bonchev–Trinajstić information content (AvgIpc) is 3.84. The smallest absolute Gasteiger partial charge is 0.341 e. The number of carbonyl (C=O) groups is 4. The highest BCUT2D eigenvalue weighted by atomic mass is 32.2. The maximum atomic E-state index is 14.1. The quantitative estimate of drug-likeness (QED) is 0.0654. The molecule has 0 spiro atoms. The predicted octanol–water partition coefficient (Wildman–Crippen LogP) is 9.45. The van der Waals surface area contributed by atoms with Gasteiger partial charge in [-0.2, -0.15) is 0 Å². The first-order valence-corrected chi connectivity index (χ1v) is 18.8. The van der Waals surface area contributed by atoms with Gasteiger partial charge < -0.3 is 20.7 Å². The Morgan fingerprint density at radius 1 is 0.788 bits per heavy atom. The van der Waals surface area contributed by atoms with Crippen LogP contribution in [0.3, 0.4) is 0 Å². The van der Waals surface area contributed by atoms with E-state index in [0.29, 0.717) is 26.7 Å². The molecule has 4 aromatic carbocycles. The summed E-state index contributed by atoms with van der Waals surface area (Å²) in [5.74, 6) is -1.80. The van der Waals surface area contributed by atoms with Crippen molar-refractivity contribution in [2.75, 3.05) is 17.7 Å². The minimum atomic E-state index is -0.720. The Labute approximate surface area is 313 Å². The van der Waals surface area contributed by atoms with Crippen molar-refractivity contribution in [2.45, 2.75) is 17.1 Å². The third-order valence-electron chi connectivity index (χ3n) is 7.82. The number of carbonyl (C=O) groups excluding carboxylic acids is 4. The van der Waals surface area contributed by atoms with E-state index in [4.69, 9.17) is 4.74 Å². The summed E-state index contributed by atoms with van der Waals surface area (Å²) in [6, 6.07) is 36.7. The van der Waals surface area contributed by atoms with Crippen molar-refractivity contribution in [3.05, 3.63) is 165 Å². The van der Waals surface area contributed by atoms with E-state index >= 15 is 0 Å². The van der Waals surface area contributed by atoms with Gasteiger partial charge in [0.15, 0.2) is 0 Å². The molecule has 0 aliphatic rings. The normalized spacial score (nSPS) is 11.7. The third-order valence-corrected chi connectivity index (χ3v) is 10.8. The molecule has 3 N–H and O–H groups in total. The minimum Gasteiger partial charge on any atom is -0.465 e. The van der Waals surface area contributed by atoms with Crippen LogP contribution in [0.5, 0.6) is 0 Å². The molecular formula is C41H33N3O5S3. The zero-order chi connectivity index (χ0) is 36.5. The molecule has 6 aromatic rings. The van der Waals surface area contributed by atoms with Gasteiger partial charge >= 0.3 is 5.97 Å². The SMILES string of the molecule is COC(=O)c1c(-c2ccc(C)cc2)csc1NC(=O)C(Sc1cccc(NC(=O)/C(=C/c2cccs2)NC(=O)c2ccccc2)c1)c1ccccc1. The lowest BCUT2D eigenvalue weighted by molar-refractivity contribution is -0.116. The summed E-state index contributed by atoms with van der Waals surface area (Å²) in [6.07, 6.45) is 1.63. The van der Waals surface area contributed by atoms with E-state index in [-0.39, 0.29) is 17.2 Å². The van der Waals surface area contributed by atoms with Crippen LogP contribution in [0, 0.1) is 6.92 Å². The fourth-order valence-corrected chi connectivity index (χ4v) is 7.92. The number of esters is 1. The molecule has 260 valence electrons. The van der Waals surface area contributed by atoms with Crippen molar-refractivity contribution in [3.63, 3.8) is 0 Å². The van der Waals surface area contributed by atoms with Crippen LogP contribution in [-0.2, 0) is 14.3 Å². The molecule has 0 aliphatic carbocycles. The van der Waals surface area contributed by atoms with Crippen molar-refractivity contribution in [2.24, 2.45) is 0 Å². The number of aryl methyl sites for hydroxylation is 1. The highest BCUT2D eigenvalue weighted by Crippen LogP contribution is 2.40. The van der Waals surface area contributed by atoms with Crippen LogP contribution in [0.1, 0.15) is 42.0 Å². The molecule has 2 aromatic heterocycles. The summed E-state index contributed by atoms with van der Waals surface area (Å²) < 4.78 is 5.13. The summed E-state index contributed by atoms with van der Waals surface area (Å²) in [5, 5.41) is 12.1. The Morgan fingerprint density at radius 2 is 1.52 bits per heavy atom. The Morgan fingerprint density at radius 3 is 2.21 bits per heavy atom. The number of thioether (sulfide) groups is 1. The van der Waals surface area contributed by atoms with E-state index < -0.39 is 23.0 Å². The molecule has 0 saturated carbocycles. The first kappa shape index (κ1) is 36.1. The van der Waals surface area contributed by atoms with Gasteiger partial charge in [-0.3, -0.25) is 14.4 Å². The summed E-state index contributed by atoms with van der Waals surface area (Å²) in [5.41, 5.74) is 4.61. The molecule has 2 heterocycles. The van der Waals surface area contributed by atoms with E-state index in [2.05, 4.69) is 16.0 Å². The van der Waals surface area contributed by atoms with Crippen molar-refractivity contribution < 1.29 is 23.9 Å². The fourth-order valence-electron chi connectivity index (χ4n) is 5.22. The molecule has 1 unspecified atom stereocenters. The number of nitrogens with one attached hydrogen (secondary N) is 3. The predicted molar refractivity (Wildman–Crippen MR) is 211 cm³/mol. The number of benzene rings is 4. The molecular weight excluding hydrogens is 711 g/mol. The van der Waals surface area contributed by atoms with Crippen molar-refractivity contribution >= 4 is 74.9 Å². The molecule has 6 rings (SSSR count). The number of hydrogen-bond acceptors (Lipinski definition) is 8. The van der Waals surface area contributed by atoms with Crippen molar-refractivity contribution in [3.8, 4) is 11.1 Å². The topological polar surface area (TPSA) is 114 Å². The van der Waals surface area contributed by atoms with Gasteiger partial charge in [-0.25, -0.2) is 4.79 Å². The lowest BCUT2D eigenvalue weighted by Crippen LogP contribution is -2.30. The van der Waals surface area contributed by atoms with Crippen molar-refractivity contribution in [1.82, 2.24) is 5.32 Å². The summed E-state index contributed by atoms with van der Waals surface area (Å²) >= 11 is 3.99. The Kier molecular flexibility index (Phi) is 11.8. The number of amides is 3. The highest BCUT2D eigenvalue weighted by Gasteiger charge is 2.27. The summed E-state index contributed by atoms with van der Waals surface area (Å²) in [7, 11) is 1.32. The average molecular weight is 744 g/mol. The molecule has 8 nitrogen and oxygen atoms in total. The molecule has 0 fully saturated rings. The van der Waals surface area contributed by atoms with E-state index in [1.54, 1.807) is 48.5 Å². The van der Waals surface area contributed by atoms with Gasteiger partial charge in [0.2, 0.25) is 5.91 Å². The molecule has 0 saturated heterocycles. The lowest BCUT2D eigenvalue weighted by atomic mass is 10.0. The van der Waals surface area contributed by atoms with Gasteiger partial charge in [0.05, 0.1) is 7.11 Å². The molecule has 1 atom stereocenters. The first-order valence-electron chi connectivity index (χ1n) is 16.1. The Bertz CT molecular complexity index is 2220. The number of anilines is 2. The number of rotatable bonds is 12. The van der Waals surface area contributed by atoms with Crippen LogP contribution >= 0.6 is 34.4 Å². The van der Waals surface area contributed by atoms with Gasteiger partial charge in [-0.1, -0.05) is 90.5 Å². The van der Waals surface area contributed by atoms with Crippen LogP contribution in [0.4, 0.5) is 10.7 Å². The second-order valence-corrected chi connectivity index (χ2v) is 14.5. The van der Waals surface area contributed by atoms with Gasteiger partial charge in [-0.15, -0.1) is 34.4 Å². The molecule has 11 heteroatoms. The van der Waals surface area contributed by atoms with Crippen molar-refractivity contribution in [1.29, 1.82) is 0 Å². The number of thiophene rings is 2.